The van der Waals surface area contributed by atoms with E-state index in [-0.39, 0.29) is 36.6 Å². The molecular weight excluding hydrogens is 506 g/mol. The van der Waals surface area contributed by atoms with Crippen LogP contribution in [0.2, 0.25) is 0 Å². The van der Waals surface area contributed by atoms with Crippen molar-refractivity contribution in [2.45, 2.75) is 36.4 Å². The molecule has 0 unspecified atom stereocenters. The Morgan fingerprint density at radius 1 is 1.11 bits per heavy atom. The highest BCUT2D eigenvalue weighted by molar-refractivity contribution is 7.89. The van der Waals surface area contributed by atoms with Crippen LogP contribution in [0.4, 0.5) is 10.5 Å². The summed E-state index contributed by atoms with van der Waals surface area (Å²) in [7, 11) is -3.02. The monoisotopic (exact) mass is 533 g/mol. The van der Waals surface area contributed by atoms with Crippen LogP contribution in [0.15, 0.2) is 59.5 Å². The Morgan fingerprint density at radius 3 is 2.41 bits per heavy atom. The largest absolute Gasteiger partial charge is 0.467 e. The third kappa shape index (κ3) is 7.01. The molecule has 3 amide bonds. The molecule has 0 aromatic heterocycles. The molecule has 1 aliphatic rings. The lowest BCUT2D eigenvalue weighted by atomic mass is 10.2. The summed E-state index contributed by atoms with van der Waals surface area (Å²) in [5.74, 6) is -1.55. The Hall–Kier alpha value is -4.04. The van der Waals surface area contributed by atoms with Gasteiger partial charge in [0.2, 0.25) is 15.9 Å². The van der Waals surface area contributed by atoms with Gasteiger partial charge in [-0.25, -0.2) is 18.0 Å². The standard InChI is InChI=1S/C23H27N5O8S/c1-36-22(30)19(15-25-23(31)24-14-16-6-3-2-4-7-16)26-21(29)20-8-5-13-27(20)37(34,35)18-11-9-17(10-12-18)28(32)33/h2-4,6-7,9-12,19-20H,5,8,13-15H2,1H3,(H,26,29)(H2,24,25,31)/t19-,20+/m1/s1. The molecule has 13 nitrogen and oxygen atoms in total. The van der Waals surface area contributed by atoms with E-state index in [0.717, 1.165) is 41.2 Å². The lowest BCUT2D eigenvalue weighted by Gasteiger charge is -2.25. The molecular formula is C23H27N5O8S. The number of hydrogen-bond donors (Lipinski definition) is 3. The van der Waals surface area contributed by atoms with E-state index in [9.17, 15) is 32.9 Å². The molecule has 0 radical (unpaired) electrons. The predicted molar refractivity (Wildman–Crippen MR) is 131 cm³/mol. The lowest BCUT2D eigenvalue weighted by molar-refractivity contribution is -0.384. The molecule has 3 rings (SSSR count). The summed E-state index contributed by atoms with van der Waals surface area (Å²) in [6.45, 7) is 0.0146. The number of sulfonamides is 1. The Morgan fingerprint density at radius 2 is 1.78 bits per heavy atom. The van der Waals surface area contributed by atoms with E-state index in [1.165, 1.54) is 0 Å². The zero-order valence-corrected chi connectivity index (χ0v) is 20.8. The van der Waals surface area contributed by atoms with E-state index in [1.54, 1.807) is 0 Å². The molecule has 1 fully saturated rings. The molecule has 3 N–H and O–H groups in total. The SMILES string of the molecule is COC(=O)[C@@H](CNC(=O)NCc1ccccc1)NC(=O)[C@@H]1CCCN1S(=O)(=O)c1ccc([N+](=O)[O-])cc1. The van der Waals surface area contributed by atoms with Crippen molar-refractivity contribution in [2.75, 3.05) is 20.2 Å². The fourth-order valence-electron chi connectivity index (χ4n) is 3.80. The number of carbonyl (C=O) groups excluding carboxylic acids is 3. The van der Waals surface area contributed by atoms with Crippen LogP contribution < -0.4 is 16.0 Å². The topological polar surface area (TPSA) is 177 Å². The van der Waals surface area contributed by atoms with Crippen molar-refractivity contribution in [3.8, 4) is 0 Å². The van der Waals surface area contributed by atoms with Gasteiger partial charge in [0.15, 0.2) is 0 Å². The first-order chi connectivity index (χ1) is 17.6. The first kappa shape index (κ1) is 27.5. The Labute approximate surface area is 213 Å². The number of nitro benzene ring substituents is 1. The molecule has 0 aliphatic carbocycles. The molecule has 0 saturated carbocycles. The van der Waals surface area contributed by atoms with Gasteiger partial charge in [-0.05, 0) is 30.5 Å². The number of amides is 3. The number of nitro groups is 1. The van der Waals surface area contributed by atoms with Crippen molar-refractivity contribution in [3.63, 3.8) is 0 Å². The molecule has 1 saturated heterocycles. The number of methoxy groups -OCH3 is 1. The van der Waals surface area contributed by atoms with Crippen LogP contribution in [-0.2, 0) is 30.9 Å². The van der Waals surface area contributed by atoms with Crippen molar-refractivity contribution in [3.05, 3.63) is 70.3 Å². The van der Waals surface area contributed by atoms with E-state index < -0.39 is 44.9 Å². The fraction of sp³-hybridized carbons (Fsp3) is 0.348. The Bertz CT molecular complexity index is 1240. The predicted octanol–water partition coefficient (Wildman–Crippen LogP) is 0.905. The van der Waals surface area contributed by atoms with Crippen molar-refractivity contribution >= 4 is 33.6 Å². The Balaban J connectivity index is 1.64. The molecule has 2 aromatic rings. The first-order valence-corrected chi connectivity index (χ1v) is 12.8. The number of rotatable bonds is 10. The van der Waals surface area contributed by atoms with E-state index >= 15 is 0 Å². The zero-order chi connectivity index (χ0) is 27.0. The van der Waals surface area contributed by atoms with Crippen LogP contribution in [0.25, 0.3) is 0 Å². The van der Waals surface area contributed by atoms with Crippen LogP contribution in [0.5, 0.6) is 0 Å². The second-order valence-corrected chi connectivity index (χ2v) is 10.0. The summed E-state index contributed by atoms with van der Waals surface area (Å²) < 4.78 is 32.0. The quantitative estimate of drug-likeness (QED) is 0.229. The molecule has 1 aliphatic heterocycles. The minimum atomic E-state index is -4.14. The number of non-ortho nitro benzene ring substituents is 1. The molecule has 198 valence electrons. The Kier molecular flexibility index (Phi) is 9.14. The van der Waals surface area contributed by atoms with Gasteiger partial charge >= 0.3 is 12.0 Å². The molecule has 0 spiro atoms. The van der Waals surface area contributed by atoms with Crippen molar-refractivity contribution in [1.82, 2.24) is 20.3 Å². The summed E-state index contributed by atoms with van der Waals surface area (Å²) in [6, 6.07) is 10.6. The summed E-state index contributed by atoms with van der Waals surface area (Å²) in [6.07, 6.45) is 0.601. The second kappa shape index (κ2) is 12.3. The van der Waals surface area contributed by atoms with Crippen LogP contribution in [-0.4, -0.2) is 67.8 Å². The highest BCUT2D eigenvalue weighted by Gasteiger charge is 2.40. The average molecular weight is 534 g/mol. The van der Waals surface area contributed by atoms with Gasteiger partial charge < -0.3 is 20.7 Å². The number of ether oxygens (including phenoxy) is 1. The summed E-state index contributed by atoms with van der Waals surface area (Å²) in [5, 5.41) is 18.5. The number of benzene rings is 2. The first-order valence-electron chi connectivity index (χ1n) is 11.3. The van der Waals surface area contributed by atoms with Gasteiger partial charge in [-0.15, -0.1) is 0 Å². The molecule has 1 heterocycles. The summed E-state index contributed by atoms with van der Waals surface area (Å²) >= 11 is 0. The van der Waals surface area contributed by atoms with Gasteiger partial charge in [0.1, 0.15) is 12.1 Å². The molecule has 37 heavy (non-hydrogen) atoms. The molecule has 2 atom stereocenters. The number of nitrogens with one attached hydrogen (secondary N) is 3. The minimum absolute atomic E-state index is 0.0560. The third-order valence-corrected chi connectivity index (χ3v) is 7.65. The van der Waals surface area contributed by atoms with Crippen molar-refractivity contribution < 1.29 is 32.5 Å². The second-order valence-electron chi connectivity index (χ2n) is 8.16. The number of esters is 1. The molecule has 14 heteroatoms. The van der Waals surface area contributed by atoms with E-state index in [4.69, 9.17) is 4.74 Å². The summed E-state index contributed by atoms with van der Waals surface area (Å²) in [4.78, 5) is 47.5. The molecule has 0 bridgehead atoms. The van der Waals surface area contributed by atoms with Crippen LogP contribution in [0.3, 0.4) is 0 Å². The lowest BCUT2D eigenvalue weighted by Crippen LogP contribution is -2.55. The smallest absolute Gasteiger partial charge is 0.330 e. The maximum Gasteiger partial charge on any atom is 0.330 e. The van der Waals surface area contributed by atoms with Gasteiger partial charge in [-0.2, -0.15) is 4.31 Å². The highest BCUT2D eigenvalue weighted by atomic mass is 32.2. The highest BCUT2D eigenvalue weighted by Crippen LogP contribution is 2.27. The van der Waals surface area contributed by atoms with E-state index in [2.05, 4.69) is 16.0 Å². The summed E-state index contributed by atoms with van der Waals surface area (Å²) in [5.41, 5.74) is 0.599. The average Bonchev–Trinajstić information content (AvgIpc) is 3.41. The maximum atomic E-state index is 13.1. The van der Waals surface area contributed by atoms with Crippen LogP contribution in [0.1, 0.15) is 18.4 Å². The number of urea groups is 1. The maximum absolute atomic E-state index is 13.1. The van der Waals surface area contributed by atoms with Gasteiger partial charge in [0, 0.05) is 25.2 Å². The van der Waals surface area contributed by atoms with Gasteiger partial charge in [0.05, 0.1) is 23.5 Å². The third-order valence-electron chi connectivity index (χ3n) is 5.73. The van der Waals surface area contributed by atoms with Crippen LogP contribution >= 0.6 is 0 Å². The van der Waals surface area contributed by atoms with Gasteiger partial charge in [0.25, 0.3) is 5.69 Å². The van der Waals surface area contributed by atoms with E-state index in [0.29, 0.717) is 6.42 Å². The van der Waals surface area contributed by atoms with Crippen LogP contribution in [0, 0.1) is 10.1 Å². The normalized spacial score (nSPS) is 16.4. The molecule has 2 aromatic carbocycles. The van der Waals surface area contributed by atoms with Gasteiger partial charge in [-0.1, -0.05) is 30.3 Å². The van der Waals surface area contributed by atoms with Gasteiger partial charge in [-0.3, -0.25) is 14.9 Å². The number of hydrogen-bond acceptors (Lipinski definition) is 8. The van der Waals surface area contributed by atoms with E-state index in [1.807, 2.05) is 30.3 Å². The minimum Gasteiger partial charge on any atom is -0.467 e. The fourth-order valence-corrected chi connectivity index (χ4v) is 5.46. The number of nitrogens with zero attached hydrogens (tertiary/aromatic N) is 2. The van der Waals surface area contributed by atoms with Crippen molar-refractivity contribution in [1.29, 1.82) is 0 Å². The zero-order valence-electron chi connectivity index (χ0n) is 20.0. The number of carbonyl (C=O) groups is 3. The van der Waals surface area contributed by atoms with Crippen molar-refractivity contribution in [2.24, 2.45) is 0 Å².